The summed E-state index contributed by atoms with van der Waals surface area (Å²) in [6, 6.07) is 12.0. The van der Waals surface area contributed by atoms with Crippen molar-refractivity contribution in [2.45, 2.75) is 36.3 Å². The van der Waals surface area contributed by atoms with E-state index in [0.29, 0.717) is 24.5 Å². The number of carbonyl (C=O) groups excluding carboxylic acids is 1. The van der Waals surface area contributed by atoms with Gasteiger partial charge in [0.15, 0.2) is 9.84 Å². The van der Waals surface area contributed by atoms with E-state index in [1.807, 2.05) is 0 Å². The molecule has 2 aliphatic heterocycles. The fraction of sp³-hybridized carbons (Fsp3) is 0.458. The third-order valence-corrected chi connectivity index (χ3v) is 10.0. The van der Waals surface area contributed by atoms with Crippen molar-refractivity contribution in [3.63, 3.8) is 0 Å². The SMILES string of the molecule is COc1ccc(N(C)S(=O)(=O)c2cccc(C(=O)N(CC3CCCO3)C3CCS(=O)(=O)C3)c2)cc1. The first-order valence-corrected chi connectivity index (χ1v) is 14.7. The number of anilines is 1. The van der Waals surface area contributed by atoms with Gasteiger partial charge in [-0.15, -0.1) is 0 Å². The Morgan fingerprint density at radius 1 is 1.14 bits per heavy atom. The molecule has 0 bridgehead atoms. The third-order valence-electron chi connectivity index (χ3n) is 6.51. The van der Waals surface area contributed by atoms with Crippen molar-refractivity contribution in [2.75, 3.05) is 43.1 Å². The van der Waals surface area contributed by atoms with Gasteiger partial charge in [0.1, 0.15) is 5.75 Å². The van der Waals surface area contributed by atoms with E-state index in [1.54, 1.807) is 35.2 Å². The molecule has 2 aliphatic rings. The van der Waals surface area contributed by atoms with Crippen LogP contribution >= 0.6 is 0 Å². The first kappa shape index (κ1) is 25.5. The molecule has 4 rings (SSSR count). The molecule has 0 spiro atoms. The highest BCUT2D eigenvalue weighted by Gasteiger charge is 2.37. The van der Waals surface area contributed by atoms with Gasteiger partial charge in [-0.25, -0.2) is 16.8 Å². The number of ether oxygens (including phenoxy) is 2. The first-order valence-electron chi connectivity index (χ1n) is 11.5. The number of carbonyl (C=O) groups is 1. The fourth-order valence-electron chi connectivity index (χ4n) is 4.47. The van der Waals surface area contributed by atoms with E-state index in [9.17, 15) is 21.6 Å². The van der Waals surface area contributed by atoms with Crippen molar-refractivity contribution in [3.05, 3.63) is 54.1 Å². The maximum Gasteiger partial charge on any atom is 0.264 e. The lowest BCUT2D eigenvalue weighted by molar-refractivity contribution is 0.0441. The van der Waals surface area contributed by atoms with Crippen LogP contribution in [-0.4, -0.2) is 78.6 Å². The quantitative estimate of drug-likeness (QED) is 0.523. The molecule has 0 aliphatic carbocycles. The predicted molar refractivity (Wildman–Crippen MR) is 132 cm³/mol. The Kier molecular flexibility index (Phi) is 7.39. The normalized spacial score (nSPS) is 21.5. The van der Waals surface area contributed by atoms with E-state index in [0.717, 1.165) is 17.1 Å². The number of nitrogens with zero attached hydrogens (tertiary/aromatic N) is 2. The van der Waals surface area contributed by atoms with Crippen molar-refractivity contribution < 1.29 is 31.1 Å². The van der Waals surface area contributed by atoms with E-state index >= 15 is 0 Å². The van der Waals surface area contributed by atoms with Crippen LogP contribution in [0.2, 0.25) is 0 Å². The molecule has 2 fully saturated rings. The topological polar surface area (TPSA) is 110 Å². The second-order valence-corrected chi connectivity index (χ2v) is 13.0. The van der Waals surface area contributed by atoms with Gasteiger partial charge in [-0.1, -0.05) is 6.07 Å². The average Bonchev–Trinajstić information content (AvgIpc) is 3.50. The Labute approximate surface area is 206 Å². The maximum absolute atomic E-state index is 13.6. The van der Waals surface area contributed by atoms with Crippen LogP contribution in [0.15, 0.2) is 53.4 Å². The van der Waals surface area contributed by atoms with Crippen LogP contribution in [0, 0.1) is 0 Å². The predicted octanol–water partition coefficient (Wildman–Crippen LogP) is 2.33. The Morgan fingerprint density at radius 2 is 1.89 bits per heavy atom. The Bertz CT molecular complexity index is 1270. The van der Waals surface area contributed by atoms with Gasteiger partial charge < -0.3 is 14.4 Å². The molecule has 0 aromatic heterocycles. The molecule has 2 unspecified atom stereocenters. The lowest BCUT2D eigenvalue weighted by Gasteiger charge is -2.30. The molecular weight excluding hydrogens is 492 g/mol. The van der Waals surface area contributed by atoms with E-state index < -0.39 is 31.8 Å². The number of hydrogen-bond donors (Lipinski definition) is 0. The summed E-state index contributed by atoms with van der Waals surface area (Å²) in [5.41, 5.74) is 0.634. The highest BCUT2D eigenvalue weighted by molar-refractivity contribution is 7.92. The molecule has 9 nitrogen and oxygen atoms in total. The second-order valence-electron chi connectivity index (χ2n) is 8.85. The number of benzene rings is 2. The molecule has 2 aromatic rings. The zero-order chi connectivity index (χ0) is 25.2. The number of sulfone groups is 1. The Balaban J connectivity index is 1.61. The van der Waals surface area contributed by atoms with Gasteiger partial charge in [0.2, 0.25) is 0 Å². The number of rotatable bonds is 8. The van der Waals surface area contributed by atoms with E-state index in [4.69, 9.17) is 9.47 Å². The minimum absolute atomic E-state index is 0.0298. The zero-order valence-electron chi connectivity index (χ0n) is 19.8. The van der Waals surface area contributed by atoms with Crippen LogP contribution in [0.25, 0.3) is 0 Å². The Morgan fingerprint density at radius 3 is 2.49 bits per heavy atom. The summed E-state index contributed by atoms with van der Waals surface area (Å²) in [6.45, 7) is 0.892. The van der Waals surface area contributed by atoms with Crippen molar-refractivity contribution >= 4 is 31.5 Å². The number of methoxy groups -OCH3 is 1. The highest BCUT2D eigenvalue weighted by Crippen LogP contribution is 2.27. The largest absolute Gasteiger partial charge is 0.497 e. The summed E-state index contributed by atoms with van der Waals surface area (Å²) < 4.78 is 62.8. The highest BCUT2D eigenvalue weighted by atomic mass is 32.2. The zero-order valence-corrected chi connectivity index (χ0v) is 21.4. The molecule has 2 aromatic carbocycles. The molecule has 11 heteroatoms. The standard InChI is InChI=1S/C24H30N2O7S2/c1-25(19-8-10-21(32-2)11-9-19)35(30,31)23-7-3-5-18(15-23)24(27)26(16-22-6-4-13-33-22)20-12-14-34(28,29)17-20/h3,5,7-11,15,20,22H,4,6,12-14,16-17H2,1-2H3. The van der Waals surface area contributed by atoms with Crippen molar-refractivity contribution in [2.24, 2.45) is 0 Å². The first-order chi connectivity index (χ1) is 16.6. The lowest BCUT2D eigenvalue weighted by atomic mass is 10.1. The van der Waals surface area contributed by atoms with Crippen molar-refractivity contribution in [3.8, 4) is 5.75 Å². The summed E-state index contributed by atoms with van der Waals surface area (Å²) in [4.78, 5) is 15.1. The van der Waals surface area contributed by atoms with Crippen LogP contribution in [0.5, 0.6) is 5.75 Å². The molecule has 190 valence electrons. The molecule has 1 amide bonds. The molecule has 35 heavy (non-hydrogen) atoms. The third kappa shape index (κ3) is 5.62. The van der Waals surface area contributed by atoms with E-state index in [2.05, 4.69) is 0 Å². The fourth-order valence-corrected chi connectivity index (χ4v) is 7.44. The van der Waals surface area contributed by atoms with Gasteiger partial charge in [-0.05, 0) is 61.7 Å². The number of sulfonamides is 1. The molecule has 0 N–H and O–H groups in total. The van der Waals surface area contributed by atoms with Gasteiger partial charge in [0.05, 0.1) is 35.3 Å². The minimum atomic E-state index is -3.95. The van der Waals surface area contributed by atoms with Crippen LogP contribution in [-0.2, 0) is 24.6 Å². The monoisotopic (exact) mass is 522 g/mol. The van der Waals surface area contributed by atoms with E-state index in [-0.39, 0.29) is 34.6 Å². The second kappa shape index (κ2) is 10.2. The summed E-state index contributed by atoms with van der Waals surface area (Å²) in [7, 11) is -4.19. The van der Waals surface area contributed by atoms with Gasteiger partial charge in [0.25, 0.3) is 15.9 Å². The van der Waals surface area contributed by atoms with Gasteiger partial charge >= 0.3 is 0 Å². The minimum Gasteiger partial charge on any atom is -0.497 e. The molecule has 0 saturated carbocycles. The Hall–Kier alpha value is -2.63. The summed E-state index contributed by atoms with van der Waals surface area (Å²) >= 11 is 0. The lowest BCUT2D eigenvalue weighted by Crippen LogP contribution is -2.45. The van der Waals surface area contributed by atoms with E-state index in [1.165, 1.54) is 32.4 Å². The molecule has 2 heterocycles. The van der Waals surface area contributed by atoms with Crippen LogP contribution in [0.3, 0.4) is 0 Å². The number of amides is 1. The molecule has 0 radical (unpaired) electrons. The molecule has 2 saturated heterocycles. The van der Waals surface area contributed by atoms with Crippen LogP contribution in [0.1, 0.15) is 29.6 Å². The van der Waals surface area contributed by atoms with Crippen LogP contribution in [0.4, 0.5) is 5.69 Å². The van der Waals surface area contributed by atoms with Gasteiger partial charge in [-0.3, -0.25) is 9.10 Å². The smallest absolute Gasteiger partial charge is 0.264 e. The molecule has 2 atom stereocenters. The molecular formula is C24H30N2O7S2. The van der Waals surface area contributed by atoms with Gasteiger partial charge in [0, 0.05) is 31.8 Å². The average molecular weight is 523 g/mol. The maximum atomic E-state index is 13.6. The summed E-state index contributed by atoms with van der Waals surface area (Å²) in [5, 5.41) is 0. The van der Waals surface area contributed by atoms with Crippen LogP contribution < -0.4 is 9.04 Å². The van der Waals surface area contributed by atoms with Gasteiger partial charge in [-0.2, -0.15) is 0 Å². The van der Waals surface area contributed by atoms with Crippen molar-refractivity contribution in [1.82, 2.24) is 4.90 Å². The summed E-state index contributed by atoms with van der Waals surface area (Å²) in [6.07, 6.45) is 1.89. The number of hydrogen-bond acceptors (Lipinski definition) is 7. The van der Waals surface area contributed by atoms with Crippen molar-refractivity contribution in [1.29, 1.82) is 0 Å². The summed E-state index contributed by atoms with van der Waals surface area (Å²) in [5.74, 6) is 0.150.